The fourth-order valence-corrected chi connectivity index (χ4v) is 10.3. The van der Waals surface area contributed by atoms with E-state index in [0.717, 1.165) is 44.2 Å². The molecule has 35 heavy (non-hydrogen) atoms. The molecule has 10 atom stereocenters. The van der Waals surface area contributed by atoms with E-state index in [-0.39, 0.29) is 29.1 Å². The fourth-order valence-electron chi connectivity index (χ4n) is 9.13. The number of aliphatic hydroxyl groups is 1. The molecule has 1 heterocycles. The largest absolute Gasteiger partial charge is 0.461 e. The lowest BCUT2D eigenvalue weighted by molar-refractivity contribution is -0.205. The summed E-state index contributed by atoms with van der Waals surface area (Å²) in [5, 5.41) is 15.7. The van der Waals surface area contributed by atoms with Crippen molar-refractivity contribution in [2.75, 3.05) is 18.8 Å². The molecule has 5 rings (SSSR count). The van der Waals surface area contributed by atoms with Gasteiger partial charge in [0.05, 0.1) is 11.9 Å². The van der Waals surface area contributed by atoms with E-state index in [9.17, 15) is 14.7 Å². The number of carbonyl (C=O) groups is 2. The van der Waals surface area contributed by atoms with Crippen LogP contribution in [0.2, 0.25) is 0 Å². The van der Waals surface area contributed by atoms with Crippen LogP contribution in [0, 0.1) is 45.8 Å². The third-order valence-electron chi connectivity index (χ3n) is 11.6. The predicted octanol–water partition coefficient (Wildman–Crippen LogP) is 4.62. The number of ketones is 1. The molecule has 0 aromatic heterocycles. The Morgan fingerprint density at radius 3 is 2.57 bits per heavy atom. The second kappa shape index (κ2) is 9.16. The van der Waals surface area contributed by atoms with E-state index in [4.69, 9.17) is 4.74 Å². The zero-order valence-electron chi connectivity index (χ0n) is 22.1. The van der Waals surface area contributed by atoms with Gasteiger partial charge in [-0.25, -0.2) is 0 Å². The van der Waals surface area contributed by atoms with E-state index in [1.165, 1.54) is 12.8 Å². The van der Waals surface area contributed by atoms with Crippen LogP contribution in [0.15, 0.2) is 12.7 Å². The van der Waals surface area contributed by atoms with Crippen LogP contribution in [0.5, 0.6) is 0 Å². The molecule has 0 amide bonds. The first-order chi connectivity index (χ1) is 16.5. The van der Waals surface area contributed by atoms with Gasteiger partial charge in [0.2, 0.25) is 0 Å². The molecule has 2 unspecified atom stereocenters. The molecule has 5 fully saturated rings. The third kappa shape index (κ3) is 3.96. The van der Waals surface area contributed by atoms with Crippen LogP contribution in [0.3, 0.4) is 0 Å². The summed E-state index contributed by atoms with van der Waals surface area (Å²) in [5.41, 5.74) is -1.23. The Morgan fingerprint density at radius 2 is 1.91 bits per heavy atom. The van der Waals surface area contributed by atoms with Crippen molar-refractivity contribution in [3.63, 3.8) is 0 Å². The quantitative estimate of drug-likeness (QED) is 0.421. The van der Waals surface area contributed by atoms with Crippen LogP contribution >= 0.6 is 11.8 Å². The van der Waals surface area contributed by atoms with Crippen LogP contribution < -0.4 is 5.32 Å². The van der Waals surface area contributed by atoms with Crippen molar-refractivity contribution >= 4 is 23.5 Å². The van der Waals surface area contributed by atoms with E-state index >= 15 is 0 Å². The van der Waals surface area contributed by atoms with Gasteiger partial charge in [0, 0.05) is 28.4 Å². The van der Waals surface area contributed by atoms with Crippen molar-refractivity contribution in [2.45, 2.75) is 90.1 Å². The van der Waals surface area contributed by atoms with Crippen molar-refractivity contribution in [3.05, 3.63) is 12.7 Å². The minimum absolute atomic E-state index is 0.00251. The zero-order valence-corrected chi connectivity index (χ0v) is 22.9. The Balaban J connectivity index is 1.40. The summed E-state index contributed by atoms with van der Waals surface area (Å²) in [5.74, 6) is 2.13. The summed E-state index contributed by atoms with van der Waals surface area (Å²) in [6.07, 6.45) is 7.10. The zero-order chi connectivity index (χ0) is 25.2. The highest BCUT2D eigenvalue weighted by Crippen LogP contribution is 2.68. The maximum Gasteiger partial charge on any atom is 0.316 e. The highest BCUT2D eigenvalue weighted by molar-refractivity contribution is 8.00. The number of thioether (sulfide) groups is 1. The van der Waals surface area contributed by atoms with Crippen molar-refractivity contribution < 1.29 is 19.4 Å². The van der Waals surface area contributed by atoms with Crippen molar-refractivity contribution in [1.29, 1.82) is 0 Å². The summed E-state index contributed by atoms with van der Waals surface area (Å²) in [6, 6.07) is 0. The van der Waals surface area contributed by atoms with Gasteiger partial charge in [-0.05, 0) is 80.7 Å². The molecule has 1 aliphatic heterocycles. The number of nitrogens with one attached hydrogen (secondary N) is 1. The minimum atomic E-state index is -0.617. The average molecular weight is 504 g/mol. The molecule has 4 aliphatic carbocycles. The molecule has 0 aromatic rings. The molecule has 0 aromatic carbocycles. The number of rotatable bonds is 5. The maximum atomic E-state index is 13.5. The number of ether oxygens (including phenoxy) is 1. The number of carbonyl (C=O) groups excluding carboxylic acids is 2. The molecule has 6 heteroatoms. The molecule has 5 nitrogen and oxygen atoms in total. The molecule has 0 spiro atoms. The summed E-state index contributed by atoms with van der Waals surface area (Å²) >= 11 is 1.76. The predicted molar refractivity (Wildman–Crippen MR) is 140 cm³/mol. The third-order valence-corrected chi connectivity index (χ3v) is 12.9. The van der Waals surface area contributed by atoms with E-state index < -0.39 is 23.0 Å². The summed E-state index contributed by atoms with van der Waals surface area (Å²) < 4.78 is 6.39. The molecule has 4 saturated carbocycles. The van der Waals surface area contributed by atoms with Gasteiger partial charge in [0.25, 0.3) is 0 Å². The Morgan fingerprint density at radius 1 is 1.23 bits per heavy atom. The maximum absolute atomic E-state index is 13.5. The molecule has 196 valence electrons. The van der Waals surface area contributed by atoms with Crippen LogP contribution in [-0.2, 0) is 14.3 Å². The Labute approximate surface area is 215 Å². The SMILES string of the molecule is C=C[C@]1(C)C[C@@H](OC(=O)CSC2CC3CNCC3C2)[C@]2(C)[C@H](C)CC[C@]3(CCC(=O)[C@H]32)[C@@H](C)[C@@H]1O. The number of fused-ring (bicyclic) bond motifs is 1. The number of esters is 1. The first-order valence-electron chi connectivity index (χ1n) is 13.9. The van der Waals surface area contributed by atoms with Crippen LogP contribution in [-0.4, -0.2) is 53.2 Å². The first kappa shape index (κ1) is 25.8. The van der Waals surface area contributed by atoms with Gasteiger partial charge in [0.1, 0.15) is 11.9 Å². The van der Waals surface area contributed by atoms with Crippen molar-refractivity contribution in [2.24, 2.45) is 45.8 Å². The van der Waals surface area contributed by atoms with Gasteiger partial charge in [-0.15, -0.1) is 18.3 Å². The second-order valence-electron chi connectivity index (χ2n) is 13.1. The van der Waals surface area contributed by atoms with Crippen molar-refractivity contribution in [1.82, 2.24) is 5.32 Å². The summed E-state index contributed by atoms with van der Waals surface area (Å²) in [4.78, 5) is 26.8. The number of aliphatic hydroxyl groups excluding tert-OH is 1. The number of hydrogen-bond acceptors (Lipinski definition) is 6. The molecule has 0 radical (unpaired) electrons. The van der Waals surface area contributed by atoms with Crippen LogP contribution in [0.4, 0.5) is 0 Å². The summed E-state index contributed by atoms with van der Waals surface area (Å²) in [7, 11) is 0. The lowest BCUT2D eigenvalue weighted by atomic mass is 9.44. The first-order valence-corrected chi connectivity index (χ1v) is 15.0. The minimum Gasteiger partial charge on any atom is -0.461 e. The van der Waals surface area contributed by atoms with E-state index in [0.29, 0.717) is 29.6 Å². The molecular formula is C29H45NO4S. The lowest BCUT2D eigenvalue weighted by Crippen LogP contribution is -2.63. The van der Waals surface area contributed by atoms with E-state index in [1.807, 2.05) is 6.08 Å². The Hall–Kier alpha value is -0.850. The highest BCUT2D eigenvalue weighted by Gasteiger charge is 2.68. The average Bonchev–Trinajstić information content (AvgIpc) is 3.52. The second-order valence-corrected chi connectivity index (χ2v) is 14.4. The molecule has 2 bridgehead atoms. The number of Topliss-reactive ketones (excluding diaryl/α,β-unsaturated/α-hetero) is 1. The highest BCUT2D eigenvalue weighted by atomic mass is 32.2. The van der Waals surface area contributed by atoms with Gasteiger partial charge < -0.3 is 15.2 Å². The van der Waals surface area contributed by atoms with Crippen LogP contribution in [0.1, 0.15) is 72.6 Å². The summed E-state index contributed by atoms with van der Waals surface area (Å²) in [6.45, 7) is 15.0. The van der Waals surface area contributed by atoms with Gasteiger partial charge in [0.15, 0.2) is 0 Å². The number of hydrogen-bond donors (Lipinski definition) is 2. The van der Waals surface area contributed by atoms with Gasteiger partial charge in [-0.2, -0.15) is 0 Å². The molecule has 1 saturated heterocycles. The fraction of sp³-hybridized carbons (Fsp3) is 0.862. The van der Waals surface area contributed by atoms with Gasteiger partial charge >= 0.3 is 5.97 Å². The molecular weight excluding hydrogens is 458 g/mol. The van der Waals surface area contributed by atoms with Crippen molar-refractivity contribution in [3.8, 4) is 0 Å². The molecule has 2 N–H and O–H groups in total. The normalized spacial score (nSPS) is 51.3. The monoisotopic (exact) mass is 503 g/mol. The smallest absolute Gasteiger partial charge is 0.316 e. The molecule has 5 aliphatic rings. The van der Waals surface area contributed by atoms with Crippen LogP contribution in [0.25, 0.3) is 0 Å². The van der Waals surface area contributed by atoms with Gasteiger partial charge in [-0.3, -0.25) is 9.59 Å². The lowest BCUT2D eigenvalue weighted by Gasteiger charge is -2.61. The topological polar surface area (TPSA) is 75.6 Å². The van der Waals surface area contributed by atoms with E-state index in [2.05, 4.69) is 39.6 Å². The Kier molecular flexibility index (Phi) is 6.75. The Bertz CT molecular complexity index is 867. The standard InChI is InChI=1S/C29H45NO4S/c1-6-27(4)13-23(34-24(32)16-35-21-11-19-14-30-15-20(19)12-21)28(5)17(2)7-9-29(18(3)26(27)33)10-8-22(31)25(28)29/h6,17-21,23,25-26,30,33H,1,7-16H2,2-5H3/t17-,18+,19?,20?,21?,23-,25+,26+,27-,28+,29+/m1/s1. The van der Waals surface area contributed by atoms with E-state index in [1.54, 1.807) is 11.8 Å². The van der Waals surface area contributed by atoms with Gasteiger partial charge in [-0.1, -0.05) is 33.8 Å².